The van der Waals surface area contributed by atoms with Crippen molar-refractivity contribution in [2.75, 3.05) is 11.9 Å². The standard InChI is InChI=1S/C25H26FNO2/c1-2-29-23-15-14-22(20-8-4-5-9-21(20)23)27-24(28)25(16-6-3-7-17-25)18-10-12-19(26)13-11-18/h4-5,8-15H,2-3,6-7,16-17H2,1H3,(H,27,28). The number of halogens is 1. The van der Waals surface area contributed by atoms with Crippen molar-refractivity contribution in [1.29, 1.82) is 0 Å². The third kappa shape index (κ3) is 3.71. The van der Waals surface area contributed by atoms with E-state index >= 15 is 0 Å². The van der Waals surface area contributed by atoms with Crippen LogP contribution in [-0.4, -0.2) is 12.5 Å². The molecule has 3 aromatic rings. The van der Waals surface area contributed by atoms with Crippen LogP contribution in [-0.2, 0) is 10.2 Å². The van der Waals surface area contributed by atoms with Crippen molar-refractivity contribution in [3.8, 4) is 5.75 Å². The highest BCUT2D eigenvalue weighted by Gasteiger charge is 2.41. The zero-order chi connectivity index (χ0) is 20.3. The Morgan fingerprint density at radius 2 is 1.66 bits per heavy atom. The predicted octanol–water partition coefficient (Wildman–Crippen LogP) is 6.22. The van der Waals surface area contributed by atoms with Gasteiger partial charge in [0.15, 0.2) is 0 Å². The average Bonchev–Trinajstić information content (AvgIpc) is 2.76. The molecule has 0 unspecified atom stereocenters. The van der Waals surface area contributed by atoms with E-state index < -0.39 is 5.41 Å². The summed E-state index contributed by atoms with van der Waals surface area (Å²) in [6, 6.07) is 18.2. The van der Waals surface area contributed by atoms with Gasteiger partial charge in [-0.15, -0.1) is 0 Å². The lowest BCUT2D eigenvalue weighted by Gasteiger charge is -2.36. The molecule has 0 spiro atoms. The van der Waals surface area contributed by atoms with E-state index in [4.69, 9.17) is 4.74 Å². The third-order valence-electron chi connectivity index (χ3n) is 5.97. The highest BCUT2D eigenvalue weighted by Crippen LogP contribution is 2.41. The van der Waals surface area contributed by atoms with Gasteiger partial charge in [0.05, 0.1) is 12.0 Å². The third-order valence-corrected chi connectivity index (χ3v) is 5.97. The summed E-state index contributed by atoms with van der Waals surface area (Å²) in [6.45, 7) is 2.55. The lowest BCUT2D eigenvalue weighted by molar-refractivity contribution is -0.122. The Bertz CT molecular complexity index is 1010. The second-order valence-electron chi connectivity index (χ2n) is 7.69. The Labute approximate surface area is 170 Å². The second-order valence-corrected chi connectivity index (χ2v) is 7.69. The number of ether oxygens (including phenoxy) is 1. The number of carbonyl (C=O) groups excluding carboxylic acids is 1. The molecule has 1 N–H and O–H groups in total. The van der Waals surface area contributed by atoms with E-state index in [0.29, 0.717) is 6.61 Å². The molecule has 3 nitrogen and oxygen atoms in total. The summed E-state index contributed by atoms with van der Waals surface area (Å²) in [6.07, 6.45) is 4.67. The van der Waals surface area contributed by atoms with Gasteiger partial charge in [-0.2, -0.15) is 0 Å². The van der Waals surface area contributed by atoms with Gasteiger partial charge in [0.1, 0.15) is 11.6 Å². The Morgan fingerprint density at radius 1 is 0.966 bits per heavy atom. The van der Waals surface area contributed by atoms with Crippen LogP contribution in [0.3, 0.4) is 0 Å². The Kier molecular flexibility index (Phi) is 5.52. The van der Waals surface area contributed by atoms with E-state index in [9.17, 15) is 9.18 Å². The zero-order valence-corrected chi connectivity index (χ0v) is 16.7. The Hall–Kier alpha value is -2.88. The molecule has 0 bridgehead atoms. The first-order valence-electron chi connectivity index (χ1n) is 10.4. The molecule has 1 saturated carbocycles. The monoisotopic (exact) mass is 391 g/mol. The summed E-state index contributed by atoms with van der Waals surface area (Å²) < 4.78 is 19.2. The van der Waals surface area contributed by atoms with Crippen molar-refractivity contribution in [3.63, 3.8) is 0 Å². The maximum absolute atomic E-state index is 13.6. The molecular formula is C25H26FNO2. The van der Waals surface area contributed by atoms with E-state index in [1.165, 1.54) is 12.1 Å². The minimum Gasteiger partial charge on any atom is -0.493 e. The van der Waals surface area contributed by atoms with Crippen molar-refractivity contribution in [3.05, 3.63) is 72.0 Å². The van der Waals surface area contributed by atoms with Gasteiger partial charge in [-0.3, -0.25) is 4.79 Å². The minimum atomic E-state index is -0.619. The largest absolute Gasteiger partial charge is 0.493 e. The molecule has 0 atom stereocenters. The highest BCUT2D eigenvalue weighted by molar-refractivity contribution is 6.07. The molecule has 1 aliphatic carbocycles. The number of rotatable bonds is 5. The smallest absolute Gasteiger partial charge is 0.235 e. The first kappa shape index (κ1) is 19.4. The summed E-state index contributed by atoms with van der Waals surface area (Å²) in [7, 11) is 0. The van der Waals surface area contributed by atoms with Crippen molar-refractivity contribution in [2.45, 2.75) is 44.4 Å². The number of nitrogens with one attached hydrogen (secondary N) is 1. The molecule has 150 valence electrons. The minimum absolute atomic E-state index is 0.0156. The van der Waals surface area contributed by atoms with Crippen LogP contribution in [0.5, 0.6) is 5.75 Å². The van der Waals surface area contributed by atoms with Crippen molar-refractivity contribution < 1.29 is 13.9 Å². The lowest BCUT2D eigenvalue weighted by atomic mass is 9.68. The molecule has 1 aliphatic rings. The molecule has 3 aromatic carbocycles. The predicted molar refractivity (Wildman–Crippen MR) is 115 cm³/mol. The molecule has 1 amide bonds. The van der Waals surface area contributed by atoms with Gasteiger partial charge >= 0.3 is 0 Å². The molecule has 29 heavy (non-hydrogen) atoms. The second kappa shape index (κ2) is 8.24. The molecule has 0 aromatic heterocycles. The van der Waals surface area contributed by atoms with Gasteiger partial charge in [-0.1, -0.05) is 55.7 Å². The molecule has 1 fully saturated rings. The average molecular weight is 391 g/mol. The van der Waals surface area contributed by atoms with E-state index in [1.807, 2.05) is 43.3 Å². The van der Waals surface area contributed by atoms with Gasteiger partial charge in [0.25, 0.3) is 0 Å². The van der Waals surface area contributed by atoms with Gasteiger partial charge < -0.3 is 10.1 Å². The first-order valence-corrected chi connectivity index (χ1v) is 10.4. The molecule has 0 heterocycles. The number of anilines is 1. The first-order chi connectivity index (χ1) is 14.1. The fourth-order valence-corrected chi connectivity index (χ4v) is 4.47. The Balaban J connectivity index is 1.72. The molecule has 0 aliphatic heterocycles. The number of carbonyl (C=O) groups is 1. The topological polar surface area (TPSA) is 38.3 Å². The van der Waals surface area contributed by atoms with E-state index in [-0.39, 0.29) is 11.7 Å². The maximum atomic E-state index is 13.6. The summed E-state index contributed by atoms with van der Waals surface area (Å²) >= 11 is 0. The van der Waals surface area contributed by atoms with Crippen LogP contribution in [0, 0.1) is 5.82 Å². The number of fused-ring (bicyclic) bond motifs is 1. The van der Waals surface area contributed by atoms with Crippen molar-refractivity contribution in [2.24, 2.45) is 0 Å². The molecule has 0 saturated heterocycles. The normalized spacial score (nSPS) is 15.8. The lowest BCUT2D eigenvalue weighted by Crippen LogP contribution is -2.42. The quantitative estimate of drug-likeness (QED) is 0.561. The fourth-order valence-electron chi connectivity index (χ4n) is 4.47. The molecule has 0 radical (unpaired) electrons. The van der Waals surface area contributed by atoms with Gasteiger partial charge in [-0.05, 0) is 49.6 Å². The Morgan fingerprint density at radius 3 is 2.34 bits per heavy atom. The number of hydrogen-bond donors (Lipinski definition) is 1. The van der Waals surface area contributed by atoms with Gasteiger partial charge in [-0.25, -0.2) is 4.39 Å². The van der Waals surface area contributed by atoms with Crippen LogP contribution >= 0.6 is 0 Å². The van der Waals surface area contributed by atoms with Crippen LogP contribution < -0.4 is 10.1 Å². The maximum Gasteiger partial charge on any atom is 0.235 e. The van der Waals surface area contributed by atoms with Gasteiger partial charge in [0, 0.05) is 16.5 Å². The molecule has 4 rings (SSSR count). The van der Waals surface area contributed by atoms with Crippen LogP contribution in [0.15, 0.2) is 60.7 Å². The molecular weight excluding hydrogens is 365 g/mol. The van der Waals surface area contributed by atoms with E-state index in [2.05, 4.69) is 5.32 Å². The summed E-state index contributed by atoms with van der Waals surface area (Å²) in [5.41, 5.74) is 1.05. The van der Waals surface area contributed by atoms with Crippen molar-refractivity contribution >= 4 is 22.4 Å². The number of amides is 1. The fraction of sp³-hybridized carbons (Fsp3) is 0.320. The van der Waals surface area contributed by atoms with E-state index in [0.717, 1.165) is 59.9 Å². The summed E-state index contributed by atoms with van der Waals surface area (Å²) in [4.78, 5) is 13.6. The van der Waals surface area contributed by atoms with Crippen LogP contribution in [0.4, 0.5) is 10.1 Å². The SMILES string of the molecule is CCOc1ccc(NC(=O)C2(c3ccc(F)cc3)CCCCC2)c2ccccc12. The van der Waals surface area contributed by atoms with Crippen molar-refractivity contribution in [1.82, 2.24) is 0 Å². The van der Waals surface area contributed by atoms with Gasteiger partial charge in [0.2, 0.25) is 5.91 Å². The zero-order valence-electron chi connectivity index (χ0n) is 16.7. The number of hydrogen-bond acceptors (Lipinski definition) is 2. The highest BCUT2D eigenvalue weighted by atomic mass is 19.1. The van der Waals surface area contributed by atoms with Crippen LogP contribution in [0.25, 0.3) is 10.8 Å². The summed E-state index contributed by atoms with van der Waals surface area (Å²) in [5.74, 6) is 0.516. The van der Waals surface area contributed by atoms with Crippen LogP contribution in [0.2, 0.25) is 0 Å². The van der Waals surface area contributed by atoms with E-state index in [1.54, 1.807) is 12.1 Å². The number of benzene rings is 3. The van der Waals surface area contributed by atoms with Crippen LogP contribution in [0.1, 0.15) is 44.6 Å². The summed E-state index contributed by atoms with van der Waals surface area (Å²) in [5, 5.41) is 5.12. The molecule has 4 heteroatoms.